The second-order valence-electron chi connectivity index (χ2n) is 6.64. The monoisotopic (exact) mass is 463 g/mol. The van der Waals surface area contributed by atoms with Crippen molar-refractivity contribution in [2.75, 3.05) is 13.7 Å². The molecule has 0 spiro atoms. The zero-order chi connectivity index (χ0) is 24.3. The molecule has 2 aromatic rings. The number of hydrogen-bond acceptors (Lipinski definition) is 4. The summed E-state index contributed by atoms with van der Waals surface area (Å²) < 4.78 is 88.9. The summed E-state index contributed by atoms with van der Waals surface area (Å²) in [5, 5.41) is 0. The minimum absolute atomic E-state index is 0.0536. The van der Waals surface area contributed by atoms with Gasteiger partial charge in [0.2, 0.25) is 0 Å². The molecular weight excluding hydrogens is 444 g/mol. The lowest BCUT2D eigenvalue weighted by Crippen LogP contribution is -2.40. The molecule has 0 aliphatic heterocycles. The van der Waals surface area contributed by atoms with Gasteiger partial charge in [-0.15, -0.1) is 0 Å². The van der Waals surface area contributed by atoms with E-state index in [2.05, 4.69) is 0 Å². The Kier molecular flexibility index (Phi) is 7.42. The predicted octanol–water partition coefficient (Wildman–Crippen LogP) is 5.22. The van der Waals surface area contributed by atoms with Gasteiger partial charge in [0.25, 0.3) is 0 Å². The molecule has 0 bridgehead atoms. The van der Waals surface area contributed by atoms with Gasteiger partial charge in [0.15, 0.2) is 0 Å². The smallest absolute Gasteiger partial charge is 0.471 e. The first-order valence-corrected chi connectivity index (χ1v) is 9.21. The topological polar surface area (TPSA) is 55.8 Å². The van der Waals surface area contributed by atoms with Gasteiger partial charge in [0.1, 0.15) is 11.5 Å². The molecule has 0 N–H and O–H groups in total. The number of amides is 1. The first-order chi connectivity index (χ1) is 14.8. The van der Waals surface area contributed by atoms with E-state index >= 15 is 0 Å². The highest BCUT2D eigenvalue weighted by atomic mass is 19.4. The van der Waals surface area contributed by atoms with E-state index in [0.29, 0.717) is 11.0 Å². The van der Waals surface area contributed by atoms with Crippen LogP contribution in [0.15, 0.2) is 36.4 Å². The molecule has 0 radical (unpaired) electrons. The minimum atomic E-state index is -5.19. The number of esters is 1. The molecular formula is C21H19F6NO4. The van der Waals surface area contributed by atoms with Crippen molar-refractivity contribution in [3.05, 3.63) is 47.5 Å². The van der Waals surface area contributed by atoms with Crippen LogP contribution in [-0.2, 0) is 22.3 Å². The van der Waals surface area contributed by atoms with Crippen molar-refractivity contribution in [2.45, 2.75) is 32.7 Å². The first kappa shape index (κ1) is 25.0. The van der Waals surface area contributed by atoms with E-state index in [9.17, 15) is 35.9 Å². The number of carbonyl (C=O) groups excluding carboxylic acids is 2. The highest BCUT2D eigenvalue weighted by Gasteiger charge is 2.42. The van der Waals surface area contributed by atoms with E-state index in [4.69, 9.17) is 9.47 Å². The molecule has 32 heavy (non-hydrogen) atoms. The lowest BCUT2D eigenvalue weighted by Gasteiger charge is -2.24. The van der Waals surface area contributed by atoms with Crippen molar-refractivity contribution in [2.24, 2.45) is 0 Å². The Labute approximate surface area is 179 Å². The van der Waals surface area contributed by atoms with Crippen LogP contribution < -0.4 is 9.47 Å². The maximum absolute atomic E-state index is 13.3. The summed E-state index contributed by atoms with van der Waals surface area (Å²) in [7, 11) is 1.29. The SMILES string of the molecule is CCN(Cc1cc(C(F)(F)F)ccc1-c1cc(OC(C)=O)ccc1OC)C(=O)C(F)(F)F. The van der Waals surface area contributed by atoms with Crippen molar-refractivity contribution in [1.82, 2.24) is 4.90 Å². The largest absolute Gasteiger partial charge is 0.496 e. The minimum Gasteiger partial charge on any atom is -0.496 e. The Hall–Kier alpha value is -3.24. The van der Waals surface area contributed by atoms with Crippen LogP contribution in [0.2, 0.25) is 0 Å². The van der Waals surface area contributed by atoms with Crippen LogP contribution in [0, 0.1) is 0 Å². The number of carbonyl (C=O) groups is 2. The van der Waals surface area contributed by atoms with Crippen LogP contribution in [0.5, 0.6) is 11.5 Å². The fourth-order valence-electron chi connectivity index (χ4n) is 3.00. The molecule has 0 saturated heterocycles. The third kappa shape index (κ3) is 5.92. The van der Waals surface area contributed by atoms with E-state index in [1.807, 2.05) is 0 Å². The van der Waals surface area contributed by atoms with Crippen molar-refractivity contribution in [3.8, 4) is 22.6 Å². The predicted molar refractivity (Wildman–Crippen MR) is 102 cm³/mol. The van der Waals surface area contributed by atoms with E-state index in [-0.39, 0.29) is 28.2 Å². The third-order valence-corrected chi connectivity index (χ3v) is 4.43. The lowest BCUT2D eigenvalue weighted by molar-refractivity contribution is -0.185. The Morgan fingerprint density at radius 3 is 2.12 bits per heavy atom. The number of alkyl halides is 6. The number of halogens is 6. The Morgan fingerprint density at radius 2 is 1.62 bits per heavy atom. The maximum Gasteiger partial charge on any atom is 0.471 e. The van der Waals surface area contributed by atoms with Crippen LogP contribution in [0.1, 0.15) is 25.0 Å². The second-order valence-corrected chi connectivity index (χ2v) is 6.64. The van der Waals surface area contributed by atoms with Gasteiger partial charge < -0.3 is 14.4 Å². The quantitative estimate of drug-likeness (QED) is 0.335. The van der Waals surface area contributed by atoms with E-state index in [1.165, 1.54) is 32.2 Å². The summed E-state index contributed by atoms with van der Waals surface area (Å²) >= 11 is 0. The van der Waals surface area contributed by atoms with Gasteiger partial charge in [-0.25, -0.2) is 0 Å². The highest BCUT2D eigenvalue weighted by molar-refractivity contribution is 5.82. The van der Waals surface area contributed by atoms with Gasteiger partial charge in [-0.1, -0.05) is 6.07 Å². The van der Waals surface area contributed by atoms with Crippen LogP contribution in [0.3, 0.4) is 0 Å². The fraction of sp³-hybridized carbons (Fsp3) is 0.333. The summed E-state index contributed by atoms with van der Waals surface area (Å²) in [5.74, 6) is -2.60. The van der Waals surface area contributed by atoms with Gasteiger partial charge in [-0.3, -0.25) is 9.59 Å². The summed E-state index contributed by atoms with van der Waals surface area (Å²) in [6.07, 6.45) is -9.95. The molecule has 1 amide bonds. The molecule has 0 atom stereocenters. The van der Waals surface area contributed by atoms with Crippen LogP contribution in [-0.4, -0.2) is 36.6 Å². The molecule has 11 heteroatoms. The van der Waals surface area contributed by atoms with Crippen LogP contribution in [0.25, 0.3) is 11.1 Å². The number of ether oxygens (including phenoxy) is 2. The zero-order valence-electron chi connectivity index (χ0n) is 17.2. The van der Waals surface area contributed by atoms with Gasteiger partial charge in [0.05, 0.1) is 12.7 Å². The molecule has 0 heterocycles. The normalized spacial score (nSPS) is 11.8. The fourth-order valence-corrected chi connectivity index (χ4v) is 3.00. The molecule has 0 unspecified atom stereocenters. The summed E-state index contributed by atoms with van der Waals surface area (Å²) in [5.41, 5.74) is -1.04. The molecule has 0 fully saturated rings. The first-order valence-electron chi connectivity index (χ1n) is 9.21. The van der Waals surface area contributed by atoms with E-state index in [0.717, 1.165) is 19.1 Å². The molecule has 0 aliphatic carbocycles. The molecule has 0 saturated carbocycles. The lowest BCUT2D eigenvalue weighted by atomic mass is 9.95. The number of nitrogens with zero attached hydrogens (tertiary/aromatic N) is 1. The molecule has 2 rings (SSSR count). The maximum atomic E-state index is 13.3. The number of methoxy groups -OCH3 is 1. The molecule has 2 aromatic carbocycles. The number of hydrogen-bond donors (Lipinski definition) is 0. The number of benzene rings is 2. The van der Waals surface area contributed by atoms with Gasteiger partial charge in [0, 0.05) is 25.6 Å². The van der Waals surface area contributed by atoms with Crippen molar-refractivity contribution >= 4 is 11.9 Å². The van der Waals surface area contributed by atoms with Crippen molar-refractivity contribution in [3.63, 3.8) is 0 Å². The Balaban J connectivity index is 2.68. The van der Waals surface area contributed by atoms with Gasteiger partial charge >= 0.3 is 24.2 Å². The summed E-state index contributed by atoms with van der Waals surface area (Å²) in [6, 6.07) is 6.61. The van der Waals surface area contributed by atoms with Gasteiger partial charge in [-0.05, 0) is 48.4 Å². The summed E-state index contributed by atoms with van der Waals surface area (Å²) in [4.78, 5) is 23.4. The highest BCUT2D eigenvalue weighted by Crippen LogP contribution is 2.39. The van der Waals surface area contributed by atoms with Gasteiger partial charge in [-0.2, -0.15) is 26.3 Å². The molecule has 0 aromatic heterocycles. The zero-order valence-corrected chi connectivity index (χ0v) is 17.2. The molecule has 174 valence electrons. The van der Waals surface area contributed by atoms with E-state index in [1.54, 1.807) is 0 Å². The van der Waals surface area contributed by atoms with E-state index < -0.39 is 42.9 Å². The standard InChI is InChI=1S/C21H19F6NO4/c1-4-28(19(30)21(25,26)27)11-13-9-14(20(22,23)24)5-7-16(13)17-10-15(32-12(2)29)6-8-18(17)31-3/h5-10H,4,11H2,1-3H3. The number of rotatable bonds is 6. The second kappa shape index (κ2) is 9.49. The summed E-state index contributed by atoms with van der Waals surface area (Å²) in [6.45, 7) is 1.29. The molecule has 5 nitrogen and oxygen atoms in total. The Morgan fingerprint density at radius 1 is 0.969 bits per heavy atom. The Bertz CT molecular complexity index is 1000. The van der Waals surface area contributed by atoms with Crippen molar-refractivity contribution in [1.29, 1.82) is 0 Å². The third-order valence-electron chi connectivity index (χ3n) is 4.43. The molecule has 0 aliphatic rings. The van der Waals surface area contributed by atoms with Crippen molar-refractivity contribution < 1.29 is 45.4 Å². The average molecular weight is 463 g/mol. The van der Waals surface area contributed by atoms with Crippen LogP contribution >= 0.6 is 0 Å². The van der Waals surface area contributed by atoms with Crippen LogP contribution in [0.4, 0.5) is 26.3 Å². The average Bonchev–Trinajstić information content (AvgIpc) is 2.69.